The third kappa shape index (κ3) is 3.58. The van der Waals surface area contributed by atoms with Gasteiger partial charge in [-0.2, -0.15) is 0 Å². The fourth-order valence-electron chi connectivity index (χ4n) is 1.93. The van der Waals surface area contributed by atoms with E-state index in [0.717, 1.165) is 30.5 Å². The van der Waals surface area contributed by atoms with Gasteiger partial charge in [-0.15, -0.1) is 0 Å². The highest BCUT2D eigenvalue weighted by molar-refractivity contribution is 7.88. The second-order valence-corrected chi connectivity index (χ2v) is 7.22. The smallest absolute Gasteiger partial charge is 0.275 e. The summed E-state index contributed by atoms with van der Waals surface area (Å²) >= 11 is 0. The van der Waals surface area contributed by atoms with Crippen molar-refractivity contribution in [2.75, 3.05) is 47.3 Å². The largest absolute Gasteiger partial charge is 0.447 e. The van der Waals surface area contributed by atoms with Crippen LogP contribution in [0.15, 0.2) is 21.6 Å². The van der Waals surface area contributed by atoms with Gasteiger partial charge in [0, 0.05) is 40.3 Å². The van der Waals surface area contributed by atoms with E-state index in [4.69, 9.17) is 4.42 Å². The van der Waals surface area contributed by atoms with E-state index < -0.39 is 10.0 Å². The number of sulfonamides is 1. The first kappa shape index (κ1) is 15.5. The van der Waals surface area contributed by atoms with Crippen molar-refractivity contribution in [2.24, 2.45) is 0 Å². The Kier molecular flexibility index (Phi) is 4.82. The van der Waals surface area contributed by atoms with Gasteiger partial charge in [-0.25, -0.2) is 23.2 Å². The van der Waals surface area contributed by atoms with Gasteiger partial charge in [0.15, 0.2) is 0 Å². The van der Waals surface area contributed by atoms with Crippen LogP contribution in [0.25, 0.3) is 0 Å². The van der Waals surface area contributed by atoms with Crippen LogP contribution in [0, 0.1) is 0 Å². The highest BCUT2D eigenvalue weighted by atomic mass is 32.2. The summed E-state index contributed by atoms with van der Waals surface area (Å²) in [6.45, 7) is 4.42. The molecule has 0 amide bonds. The van der Waals surface area contributed by atoms with Gasteiger partial charge in [0.05, 0.1) is 6.54 Å². The number of hydrogen-bond donors (Lipinski definition) is 1. The molecule has 1 N–H and O–H groups in total. The lowest BCUT2D eigenvalue weighted by molar-refractivity contribution is 0.0985. The van der Waals surface area contributed by atoms with Crippen molar-refractivity contribution in [3.05, 3.63) is 17.9 Å². The normalized spacial score (nSPS) is 18.8. The van der Waals surface area contributed by atoms with Crippen molar-refractivity contribution in [2.45, 2.75) is 11.6 Å². The summed E-state index contributed by atoms with van der Waals surface area (Å²) in [6, 6.07) is 3.19. The number of piperazine rings is 1. The Morgan fingerprint density at radius 2 is 1.90 bits per heavy atom. The van der Waals surface area contributed by atoms with Crippen molar-refractivity contribution < 1.29 is 12.8 Å². The van der Waals surface area contributed by atoms with Crippen LogP contribution in [0.2, 0.25) is 0 Å². The molecule has 0 aliphatic carbocycles. The molecule has 0 aromatic carbocycles. The number of hydrazine groups is 1. The first-order chi connectivity index (χ1) is 9.39. The molecule has 0 saturated carbocycles. The highest BCUT2D eigenvalue weighted by Gasteiger charge is 2.21. The molecule has 2 heterocycles. The molecule has 0 unspecified atom stereocenters. The molecule has 0 radical (unpaired) electrons. The number of likely N-dealkylation sites (N-methyl/N-ethyl adjacent to an activating group) is 1. The molecule has 0 bridgehead atoms. The maximum absolute atomic E-state index is 11.9. The summed E-state index contributed by atoms with van der Waals surface area (Å²) in [5, 5.41) is 2.11. The van der Waals surface area contributed by atoms with E-state index in [2.05, 4.69) is 22.4 Å². The molecule has 1 aromatic rings. The zero-order chi connectivity index (χ0) is 14.8. The van der Waals surface area contributed by atoms with Crippen LogP contribution in [0.1, 0.15) is 5.76 Å². The first-order valence-electron chi connectivity index (χ1n) is 6.58. The van der Waals surface area contributed by atoms with Gasteiger partial charge in [0.1, 0.15) is 5.76 Å². The zero-order valence-corrected chi connectivity index (χ0v) is 13.0. The van der Waals surface area contributed by atoms with Crippen molar-refractivity contribution in [3.63, 3.8) is 0 Å². The van der Waals surface area contributed by atoms with E-state index in [1.54, 1.807) is 6.07 Å². The topological polar surface area (TPSA) is 69.0 Å². The van der Waals surface area contributed by atoms with Crippen LogP contribution in [0.3, 0.4) is 0 Å². The predicted molar refractivity (Wildman–Crippen MR) is 75.5 cm³/mol. The maximum atomic E-state index is 11.9. The molecule has 2 rings (SSSR count). The van der Waals surface area contributed by atoms with Gasteiger partial charge < -0.3 is 9.32 Å². The van der Waals surface area contributed by atoms with Gasteiger partial charge in [-0.1, -0.05) is 0 Å². The fraction of sp³-hybridized carbons (Fsp3) is 0.667. The Balaban J connectivity index is 1.90. The van der Waals surface area contributed by atoms with E-state index >= 15 is 0 Å². The predicted octanol–water partition coefficient (Wildman–Crippen LogP) is -0.218. The Morgan fingerprint density at radius 1 is 1.25 bits per heavy atom. The van der Waals surface area contributed by atoms with Crippen molar-refractivity contribution in [3.8, 4) is 0 Å². The van der Waals surface area contributed by atoms with Crippen molar-refractivity contribution in [1.82, 2.24) is 19.6 Å². The molecule has 8 heteroatoms. The van der Waals surface area contributed by atoms with Crippen LogP contribution in [0.4, 0.5) is 0 Å². The molecule has 1 aromatic heterocycles. The lowest BCUT2D eigenvalue weighted by atomic mass is 10.4. The van der Waals surface area contributed by atoms with Gasteiger partial charge in [0.25, 0.3) is 10.0 Å². The standard InChI is InChI=1S/C12H22N4O3S/c1-14(2)20(17,18)12-5-4-11(19-12)10-13-16-8-6-15(3)7-9-16/h4-5,13H,6-10H2,1-3H3. The molecule has 1 saturated heterocycles. The van der Waals surface area contributed by atoms with E-state index in [9.17, 15) is 8.42 Å². The lowest BCUT2D eigenvalue weighted by Crippen LogP contribution is -2.50. The Hall–Kier alpha value is -0.930. The van der Waals surface area contributed by atoms with Crippen molar-refractivity contribution in [1.29, 1.82) is 0 Å². The number of rotatable bonds is 5. The van der Waals surface area contributed by atoms with Gasteiger partial charge in [-0.05, 0) is 19.2 Å². The molecule has 1 aliphatic heterocycles. The molecule has 20 heavy (non-hydrogen) atoms. The summed E-state index contributed by atoms with van der Waals surface area (Å²) in [5.74, 6) is 0.615. The highest BCUT2D eigenvalue weighted by Crippen LogP contribution is 2.16. The Bertz CT molecular complexity index is 533. The summed E-state index contributed by atoms with van der Waals surface area (Å²) in [6.07, 6.45) is 0. The number of nitrogens with zero attached hydrogens (tertiary/aromatic N) is 3. The third-order valence-electron chi connectivity index (χ3n) is 3.35. The van der Waals surface area contributed by atoms with Crippen molar-refractivity contribution >= 4 is 10.0 Å². The second kappa shape index (κ2) is 6.23. The fourth-order valence-corrected chi connectivity index (χ4v) is 2.74. The first-order valence-corrected chi connectivity index (χ1v) is 8.02. The summed E-state index contributed by atoms with van der Waals surface area (Å²) in [4.78, 5) is 2.27. The summed E-state index contributed by atoms with van der Waals surface area (Å²) < 4.78 is 30.3. The number of hydrogen-bond acceptors (Lipinski definition) is 6. The minimum absolute atomic E-state index is 0.0160. The molecule has 7 nitrogen and oxygen atoms in total. The third-order valence-corrected chi connectivity index (χ3v) is 5.04. The monoisotopic (exact) mass is 302 g/mol. The Morgan fingerprint density at radius 3 is 2.50 bits per heavy atom. The molecule has 0 atom stereocenters. The Labute approximate surface area is 120 Å². The maximum Gasteiger partial charge on any atom is 0.275 e. The molecule has 1 aliphatic rings. The quantitative estimate of drug-likeness (QED) is 0.811. The van der Waals surface area contributed by atoms with E-state index in [1.807, 2.05) is 0 Å². The average Bonchev–Trinajstić information content (AvgIpc) is 2.87. The molecule has 1 fully saturated rings. The lowest BCUT2D eigenvalue weighted by Gasteiger charge is -2.32. The van der Waals surface area contributed by atoms with Gasteiger partial charge >= 0.3 is 0 Å². The van der Waals surface area contributed by atoms with Gasteiger partial charge in [-0.3, -0.25) is 0 Å². The minimum atomic E-state index is -3.49. The number of furan rings is 1. The summed E-state index contributed by atoms with van der Waals surface area (Å²) in [7, 11) is 1.58. The second-order valence-electron chi connectivity index (χ2n) is 5.13. The minimum Gasteiger partial charge on any atom is -0.447 e. The molecule has 114 valence electrons. The molecule has 0 spiro atoms. The number of nitrogens with one attached hydrogen (secondary N) is 1. The van der Waals surface area contributed by atoms with E-state index in [1.165, 1.54) is 20.2 Å². The molecular weight excluding hydrogens is 280 g/mol. The van der Waals surface area contributed by atoms with E-state index in [0.29, 0.717) is 12.3 Å². The SMILES string of the molecule is CN1CCN(NCc2ccc(S(=O)(=O)N(C)C)o2)CC1. The van der Waals surface area contributed by atoms with Crippen LogP contribution in [-0.2, 0) is 16.6 Å². The van der Waals surface area contributed by atoms with Crippen LogP contribution < -0.4 is 5.43 Å². The van der Waals surface area contributed by atoms with E-state index in [-0.39, 0.29) is 5.09 Å². The van der Waals surface area contributed by atoms with Gasteiger partial charge in [0.2, 0.25) is 5.09 Å². The van der Waals surface area contributed by atoms with Crippen LogP contribution in [0.5, 0.6) is 0 Å². The molecular formula is C12H22N4O3S. The summed E-state index contributed by atoms with van der Waals surface area (Å²) in [5.41, 5.74) is 3.26. The zero-order valence-electron chi connectivity index (χ0n) is 12.2. The average molecular weight is 302 g/mol. The van der Waals surface area contributed by atoms with Crippen LogP contribution >= 0.6 is 0 Å². The van der Waals surface area contributed by atoms with Crippen LogP contribution in [-0.4, -0.2) is 70.0 Å².